The first kappa shape index (κ1) is 46.9. The zero-order valence-corrected chi connectivity index (χ0v) is 45.1. The lowest BCUT2D eigenvalue weighted by Crippen LogP contribution is -2.51. The van der Waals surface area contributed by atoms with Crippen molar-refractivity contribution in [3.8, 4) is 45.5 Å². The molecule has 0 saturated carbocycles. The van der Waals surface area contributed by atoms with Crippen LogP contribution in [0.3, 0.4) is 0 Å². The SMILES string of the molecule is c1ccc(B(c2ccc(-n3c4ccccc4c4ccc5c6ccccc6n(-c6cccc(-c7ccccc7)n6)c5c43)cc2)c2ccc(-n3c4ccccc4c4ccc5c6ccccc6n(-c6cccc(-c7ccccc7)n6)c5c43)cc2)cc1. The van der Waals surface area contributed by atoms with Crippen molar-refractivity contribution >= 4 is 110 Å². The summed E-state index contributed by atoms with van der Waals surface area (Å²) in [6.07, 6.45) is 0. The molecule has 7 heteroatoms. The van der Waals surface area contributed by atoms with Gasteiger partial charge in [0.15, 0.2) is 0 Å². The van der Waals surface area contributed by atoms with E-state index in [9.17, 15) is 0 Å². The van der Waals surface area contributed by atoms with E-state index in [0.717, 1.165) is 89.7 Å². The number of fused-ring (bicyclic) bond motifs is 14. The summed E-state index contributed by atoms with van der Waals surface area (Å²) in [5, 5.41) is 9.56. The van der Waals surface area contributed by atoms with Gasteiger partial charge in [0.1, 0.15) is 11.6 Å². The maximum atomic E-state index is 5.38. The average molecular weight is 1060 g/mol. The van der Waals surface area contributed by atoms with Crippen molar-refractivity contribution in [3.05, 3.63) is 297 Å². The summed E-state index contributed by atoms with van der Waals surface area (Å²) in [6, 6.07) is 108. The molecule has 0 aliphatic rings. The third-order valence-electron chi connectivity index (χ3n) is 17.1. The highest BCUT2D eigenvalue weighted by Gasteiger charge is 2.27. The Labute approximate surface area is 478 Å². The van der Waals surface area contributed by atoms with Crippen molar-refractivity contribution in [1.29, 1.82) is 0 Å². The van der Waals surface area contributed by atoms with Gasteiger partial charge >= 0.3 is 0 Å². The van der Waals surface area contributed by atoms with E-state index in [0.29, 0.717) is 0 Å². The van der Waals surface area contributed by atoms with Gasteiger partial charge in [0, 0.05) is 65.6 Å². The molecule has 17 aromatic rings. The fourth-order valence-corrected chi connectivity index (χ4v) is 13.5. The van der Waals surface area contributed by atoms with Gasteiger partial charge in [-0.2, -0.15) is 0 Å². The van der Waals surface area contributed by atoms with Gasteiger partial charge in [0.05, 0.1) is 55.5 Å². The van der Waals surface area contributed by atoms with E-state index in [4.69, 9.17) is 9.97 Å². The Morgan fingerprint density at radius 2 is 0.518 bits per heavy atom. The molecule has 386 valence electrons. The number of aromatic nitrogens is 6. The minimum Gasteiger partial charge on any atom is -0.307 e. The molecule has 0 fully saturated rings. The number of hydrogen-bond donors (Lipinski definition) is 0. The molecule has 6 nitrogen and oxygen atoms in total. The third-order valence-corrected chi connectivity index (χ3v) is 17.1. The van der Waals surface area contributed by atoms with Crippen LogP contribution in [-0.2, 0) is 0 Å². The average Bonchev–Trinajstić information content (AvgIpc) is 1.81. The van der Waals surface area contributed by atoms with Gasteiger partial charge in [-0.3, -0.25) is 9.13 Å². The summed E-state index contributed by atoms with van der Waals surface area (Å²) in [6.45, 7) is -0.0370. The first-order chi connectivity index (χ1) is 41.2. The number of benzene rings is 11. The minimum absolute atomic E-state index is 0.0370. The molecule has 17 rings (SSSR count). The smallest absolute Gasteiger partial charge is 0.241 e. The maximum Gasteiger partial charge on any atom is 0.241 e. The standard InChI is InChI=1S/C76H49BN6/c1-4-20-50(21-5-1)65-30-18-36-71(78-65)82-69-34-16-12-28-59(69)63-48-46-61-57-26-10-14-32-67(57)80(73(61)75(63)82)55-42-38-53(39-43-55)77(52-24-8-3-9-25-52)54-40-44-56(45-41-54)81-68-33-15-11-27-58(68)62-47-49-64-60-29-13-17-35-70(60)83(76(64)74(62)81)72-37-19-31-66(79-72)51-22-6-2-7-23-51/h1-49H. The molecular formula is C76H49BN6. The van der Waals surface area contributed by atoms with Gasteiger partial charge < -0.3 is 9.13 Å². The highest BCUT2D eigenvalue weighted by molar-refractivity contribution is 6.95. The van der Waals surface area contributed by atoms with Crippen LogP contribution in [0.4, 0.5) is 0 Å². The summed E-state index contributed by atoms with van der Waals surface area (Å²) in [5.74, 6) is 1.76. The Morgan fingerprint density at radius 1 is 0.217 bits per heavy atom. The second kappa shape index (κ2) is 18.8. The molecule has 0 atom stereocenters. The Morgan fingerprint density at radius 3 is 0.892 bits per heavy atom. The van der Waals surface area contributed by atoms with Gasteiger partial charge in [0.25, 0.3) is 0 Å². The molecule has 0 spiro atoms. The first-order valence-electron chi connectivity index (χ1n) is 28.4. The van der Waals surface area contributed by atoms with Gasteiger partial charge in [0.2, 0.25) is 6.71 Å². The van der Waals surface area contributed by atoms with Crippen LogP contribution < -0.4 is 16.4 Å². The molecule has 6 heterocycles. The summed E-state index contributed by atoms with van der Waals surface area (Å²) < 4.78 is 9.69. The second-order valence-corrected chi connectivity index (χ2v) is 21.6. The molecule has 0 aliphatic heterocycles. The monoisotopic (exact) mass is 1060 g/mol. The largest absolute Gasteiger partial charge is 0.307 e. The summed E-state index contributed by atoms with van der Waals surface area (Å²) in [4.78, 5) is 10.8. The lowest BCUT2D eigenvalue weighted by molar-refractivity contribution is 1.08. The van der Waals surface area contributed by atoms with Crippen LogP contribution in [0, 0.1) is 0 Å². The molecule has 0 amide bonds. The van der Waals surface area contributed by atoms with E-state index in [-0.39, 0.29) is 6.71 Å². The molecule has 0 N–H and O–H groups in total. The van der Waals surface area contributed by atoms with Crippen molar-refractivity contribution in [2.24, 2.45) is 0 Å². The Kier molecular flexibility index (Phi) is 10.6. The van der Waals surface area contributed by atoms with Crippen molar-refractivity contribution in [2.75, 3.05) is 0 Å². The third kappa shape index (κ3) is 7.31. The number of para-hydroxylation sites is 4. The van der Waals surface area contributed by atoms with Crippen molar-refractivity contribution < 1.29 is 0 Å². The molecule has 0 aliphatic carbocycles. The van der Waals surface area contributed by atoms with Gasteiger partial charge in [-0.1, -0.05) is 241 Å². The maximum absolute atomic E-state index is 5.38. The first-order valence-corrected chi connectivity index (χ1v) is 28.4. The number of rotatable bonds is 9. The Hall–Kier alpha value is -11.0. The van der Waals surface area contributed by atoms with Gasteiger partial charge in [-0.15, -0.1) is 0 Å². The lowest BCUT2D eigenvalue weighted by Gasteiger charge is -2.18. The lowest BCUT2D eigenvalue weighted by atomic mass is 9.37. The van der Waals surface area contributed by atoms with E-state index in [1.54, 1.807) is 0 Å². The highest BCUT2D eigenvalue weighted by Crippen LogP contribution is 2.44. The zero-order valence-electron chi connectivity index (χ0n) is 45.1. The van der Waals surface area contributed by atoms with Crippen LogP contribution in [-0.4, -0.2) is 34.9 Å². The van der Waals surface area contributed by atoms with Crippen molar-refractivity contribution in [2.45, 2.75) is 0 Å². The van der Waals surface area contributed by atoms with E-state index in [1.165, 1.54) is 59.5 Å². The zero-order chi connectivity index (χ0) is 54.5. The van der Waals surface area contributed by atoms with Crippen LogP contribution in [0.25, 0.3) is 133 Å². The van der Waals surface area contributed by atoms with Gasteiger partial charge in [-0.05, 0) is 72.8 Å². The van der Waals surface area contributed by atoms with Crippen LogP contribution in [0.15, 0.2) is 297 Å². The molecule has 0 saturated heterocycles. The summed E-state index contributed by atoms with van der Waals surface area (Å²) in [7, 11) is 0. The fourth-order valence-electron chi connectivity index (χ4n) is 13.5. The normalized spacial score (nSPS) is 11.9. The number of nitrogens with zero attached hydrogens (tertiary/aromatic N) is 6. The molecule has 0 unspecified atom stereocenters. The highest BCUT2D eigenvalue weighted by atomic mass is 15.1. The molecular weight excluding hydrogens is 1010 g/mol. The predicted molar refractivity (Wildman–Crippen MR) is 348 cm³/mol. The van der Waals surface area contributed by atoms with Crippen molar-refractivity contribution in [3.63, 3.8) is 0 Å². The van der Waals surface area contributed by atoms with E-state index >= 15 is 0 Å². The summed E-state index contributed by atoms with van der Waals surface area (Å²) in [5.41, 5.74) is 19.0. The molecule has 6 aromatic heterocycles. The van der Waals surface area contributed by atoms with Gasteiger partial charge in [-0.25, -0.2) is 9.97 Å². The van der Waals surface area contributed by atoms with Crippen LogP contribution in [0.2, 0.25) is 0 Å². The fraction of sp³-hybridized carbons (Fsp3) is 0. The predicted octanol–water partition coefficient (Wildman–Crippen LogP) is 16.7. The second-order valence-electron chi connectivity index (χ2n) is 21.6. The molecule has 11 aromatic carbocycles. The molecule has 83 heavy (non-hydrogen) atoms. The number of pyridine rings is 2. The molecule has 0 bridgehead atoms. The van der Waals surface area contributed by atoms with Crippen LogP contribution in [0.1, 0.15) is 0 Å². The molecule has 0 radical (unpaired) electrons. The summed E-state index contributed by atoms with van der Waals surface area (Å²) >= 11 is 0. The Balaban J connectivity index is 0.823. The van der Waals surface area contributed by atoms with E-state index in [2.05, 4.69) is 316 Å². The van der Waals surface area contributed by atoms with Crippen LogP contribution in [0.5, 0.6) is 0 Å². The van der Waals surface area contributed by atoms with Crippen LogP contribution >= 0.6 is 0 Å². The van der Waals surface area contributed by atoms with E-state index in [1.807, 2.05) is 0 Å². The topological polar surface area (TPSA) is 45.5 Å². The quantitative estimate of drug-likeness (QED) is 0.135. The van der Waals surface area contributed by atoms with E-state index < -0.39 is 0 Å². The number of hydrogen-bond acceptors (Lipinski definition) is 2. The van der Waals surface area contributed by atoms with Crippen molar-refractivity contribution in [1.82, 2.24) is 28.2 Å². The minimum atomic E-state index is -0.0370. The Bertz CT molecular complexity index is 5050.